The average Bonchev–Trinajstić information content (AvgIpc) is 2.79. The Hall–Kier alpha value is -2.17. The Morgan fingerprint density at radius 2 is 2.11 bits per heavy atom. The minimum Gasteiger partial charge on any atom is -0.456 e. The summed E-state index contributed by atoms with van der Waals surface area (Å²) in [5.41, 5.74) is 0.616. The first-order valence-electron chi connectivity index (χ1n) is 5.89. The lowest BCUT2D eigenvalue weighted by Crippen LogP contribution is -2.23. The molecule has 0 atom stereocenters. The smallest absolute Gasteiger partial charge is 0.338 e. The van der Waals surface area contributed by atoms with Crippen LogP contribution in [-0.2, 0) is 4.74 Å². The monoisotopic (exact) mass is 262 g/mol. The van der Waals surface area contributed by atoms with Gasteiger partial charge in [-0.2, -0.15) is 5.10 Å². The zero-order valence-electron chi connectivity index (χ0n) is 11.0. The highest BCUT2D eigenvalue weighted by molar-refractivity contribution is 5.90. The van der Waals surface area contributed by atoms with Crippen LogP contribution >= 0.6 is 0 Å². The summed E-state index contributed by atoms with van der Waals surface area (Å²) < 4.78 is 19.1. The molecule has 0 saturated carbocycles. The standard InChI is InChI=1S/C14H15FN2O2/c1-14(2,3)19-13(18)9-4-5-11(12(15)6-9)10-7-16-17-8-10/h4-8H,1-3H3,(H,16,17). The fourth-order valence-electron chi connectivity index (χ4n) is 1.61. The van der Waals surface area contributed by atoms with Crippen LogP contribution in [-0.4, -0.2) is 21.8 Å². The summed E-state index contributed by atoms with van der Waals surface area (Å²) >= 11 is 0. The molecule has 0 saturated heterocycles. The zero-order chi connectivity index (χ0) is 14.0. The molecule has 0 aliphatic carbocycles. The summed E-state index contributed by atoms with van der Waals surface area (Å²) in [5.74, 6) is -1.02. The lowest BCUT2D eigenvalue weighted by Gasteiger charge is -2.19. The van der Waals surface area contributed by atoms with Gasteiger partial charge in [-0.3, -0.25) is 5.10 Å². The van der Waals surface area contributed by atoms with Gasteiger partial charge in [0.05, 0.1) is 11.8 Å². The third-order valence-corrected chi connectivity index (χ3v) is 2.41. The number of aromatic nitrogens is 2. The van der Waals surface area contributed by atoms with Crippen LogP contribution in [0.1, 0.15) is 31.1 Å². The molecule has 0 aliphatic rings. The van der Waals surface area contributed by atoms with E-state index in [0.717, 1.165) is 0 Å². The summed E-state index contributed by atoms with van der Waals surface area (Å²) in [5, 5.41) is 6.38. The van der Waals surface area contributed by atoms with Gasteiger partial charge < -0.3 is 4.74 Å². The molecule has 0 spiro atoms. The van der Waals surface area contributed by atoms with Gasteiger partial charge in [0.15, 0.2) is 0 Å². The van der Waals surface area contributed by atoms with Crippen LogP contribution in [0.2, 0.25) is 0 Å². The molecule has 100 valence electrons. The van der Waals surface area contributed by atoms with Crippen molar-refractivity contribution in [3.63, 3.8) is 0 Å². The molecule has 19 heavy (non-hydrogen) atoms. The number of hydrogen-bond donors (Lipinski definition) is 1. The van der Waals surface area contributed by atoms with Crippen LogP contribution in [0.15, 0.2) is 30.6 Å². The third kappa shape index (κ3) is 3.19. The summed E-state index contributed by atoms with van der Waals surface area (Å²) in [6, 6.07) is 4.26. The Labute approximate surface area is 110 Å². The van der Waals surface area contributed by atoms with Gasteiger partial charge >= 0.3 is 5.97 Å². The molecule has 1 heterocycles. The van der Waals surface area contributed by atoms with Crippen molar-refractivity contribution in [3.8, 4) is 11.1 Å². The van der Waals surface area contributed by atoms with Crippen LogP contribution in [0.5, 0.6) is 0 Å². The predicted molar refractivity (Wildman–Crippen MR) is 69.2 cm³/mol. The van der Waals surface area contributed by atoms with E-state index in [2.05, 4.69) is 10.2 Å². The molecular weight excluding hydrogens is 247 g/mol. The summed E-state index contributed by atoms with van der Waals surface area (Å²) in [4.78, 5) is 11.8. The Morgan fingerprint density at radius 1 is 1.37 bits per heavy atom. The van der Waals surface area contributed by atoms with Crippen LogP contribution in [0.4, 0.5) is 4.39 Å². The summed E-state index contributed by atoms with van der Waals surface area (Å²) in [6.07, 6.45) is 3.11. The number of ether oxygens (including phenoxy) is 1. The van der Waals surface area contributed by atoms with Crippen LogP contribution in [0.3, 0.4) is 0 Å². The average molecular weight is 262 g/mol. The number of hydrogen-bond acceptors (Lipinski definition) is 3. The van der Waals surface area contributed by atoms with Gasteiger partial charge in [-0.1, -0.05) is 6.07 Å². The van der Waals surface area contributed by atoms with E-state index in [9.17, 15) is 9.18 Å². The molecule has 0 bridgehead atoms. The largest absolute Gasteiger partial charge is 0.456 e. The second-order valence-electron chi connectivity index (χ2n) is 5.18. The SMILES string of the molecule is CC(C)(C)OC(=O)c1ccc(-c2cn[nH]c2)c(F)c1. The van der Waals surface area contributed by atoms with Gasteiger partial charge in [0, 0.05) is 17.3 Å². The van der Waals surface area contributed by atoms with Crippen molar-refractivity contribution < 1.29 is 13.9 Å². The molecule has 2 rings (SSSR count). The first kappa shape index (κ1) is 13.3. The first-order valence-corrected chi connectivity index (χ1v) is 5.89. The van der Waals surface area contributed by atoms with Gasteiger partial charge in [-0.05, 0) is 32.9 Å². The second kappa shape index (κ2) is 4.84. The van der Waals surface area contributed by atoms with Gasteiger partial charge in [-0.15, -0.1) is 0 Å². The molecule has 1 N–H and O–H groups in total. The van der Waals surface area contributed by atoms with Crippen molar-refractivity contribution >= 4 is 5.97 Å². The Bertz CT molecular complexity index is 586. The van der Waals surface area contributed by atoms with E-state index in [0.29, 0.717) is 11.1 Å². The van der Waals surface area contributed by atoms with E-state index < -0.39 is 17.4 Å². The molecular formula is C14H15FN2O2. The number of H-pyrrole nitrogens is 1. The second-order valence-corrected chi connectivity index (χ2v) is 5.18. The highest BCUT2D eigenvalue weighted by atomic mass is 19.1. The maximum atomic E-state index is 14.0. The van der Waals surface area contributed by atoms with E-state index in [-0.39, 0.29) is 5.56 Å². The minimum atomic E-state index is -0.600. The number of esters is 1. The van der Waals surface area contributed by atoms with E-state index in [4.69, 9.17) is 4.74 Å². The van der Waals surface area contributed by atoms with Gasteiger partial charge in [0.1, 0.15) is 11.4 Å². The lowest BCUT2D eigenvalue weighted by atomic mass is 10.1. The molecule has 0 amide bonds. The van der Waals surface area contributed by atoms with E-state index >= 15 is 0 Å². The molecule has 0 fully saturated rings. The van der Waals surface area contributed by atoms with E-state index in [1.165, 1.54) is 12.3 Å². The number of nitrogens with zero attached hydrogens (tertiary/aromatic N) is 1. The van der Waals surface area contributed by atoms with Crippen molar-refractivity contribution in [2.24, 2.45) is 0 Å². The molecule has 0 unspecified atom stereocenters. The Balaban J connectivity index is 2.27. The van der Waals surface area contributed by atoms with E-state index in [1.807, 2.05) is 0 Å². The maximum absolute atomic E-state index is 14.0. The molecule has 1 aromatic heterocycles. The topological polar surface area (TPSA) is 55.0 Å². The number of carbonyl (C=O) groups excluding carboxylic acids is 1. The zero-order valence-corrected chi connectivity index (χ0v) is 11.0. The number of aromatic amines is 1. The van der Waals surface area contributed by atoms with Crippen LogP contribution in [0.25, 0.3) is 11.1 Å². The van der Waals surface area contributed by atoms with Crippen molar-refractivity contribution in [3.05, 3.63) is 42.0 Å². The van der Waals surface area contributed by atoms with Gasteiger partial charge in [-0.25, -0.2) is 9.18 Å². The molecule has 0 aliphatic heterocycles. The van der Waals surface area contributed by atoms with E-state index in [1.54, 1.807) is 39.1 Å². The van der Waals surface area contributed by atoms with Crippen LogP contribution in [0, 0.1) is 5.82 Å². The lowest BCUT2D eigenvalue weighted by molar-refractivity contribution is 0.00691. The van der Waals surface area contributed by atoms with Gasteiger partial charge in [0.2, 0.25) is 0 Å². The Morgan fingerprint density at radius 3 is 2.63 bits per heavy atom. The number of halogens is 1. The van der Waals surface area contributed by atoms with Crippen molar-refractivity contribution in [2.45, 2.75) is 26.4 Å². The highest BCUT2D eigenvalue weighted by Gasteiger charge is 2.19. The first-order chi connectivity index (χ1) is 8.87. The van der Waals surface area contributed by atoms with Gasteiger partial charge in [0.25, 0.3) is 0 Å². The molecule has 2 aromatic rings. The normalized spacial score (nSPS) is 11.4. The maximum Gasteiger partial charge on any atom is 0.338 e. The number of carbonyl (C=O) groups is 1. The fraction of sp³-hybridized carbons (Fsp3) is 0.286. The van der Waals surface area contributed by atoms with Crippen LogP contribution < -0.4 is 0 Å². The molecule has 4 nitrogen and oxygen atoms in total. The number of rotatable bonds is 2. The molecule has 0 radical (unpaired) electrons. The van der Waals surface area contributed by atoms with Crippen molar-refractivity contribution in [2.75, 3.05) is 0 Å². The Kier molecular flexibility index (Phi) is 3.38. The summed E-state index contributed by atoms with van der Waals surface area (Å²) in [7, 11) is 0. The number of benzene rings is 1. The predicted octanol–water partition coefficient (Wildman–Crippen LogP) is 3.17. The number of nitrogens with one attached hydrogen (secondary N) is 1. The molecule has 5 heteroatoms. The quantitative estimate of drug-likeness (QED) is 0.846. The summed E-state index contributed by atoms with van der Waals surface area (Å²) in [6.45, 7) is 5.29. The fourth-order valence-corrected chi connectivity index (χ4v) is 1.61. The highest BCUT2D eigenvalue weighted by Crippen LogP contribution is 2.23. The van der Waals surface area contributed by atoms with Crippen molar-refractivity contribution in [1.82, 2.24) is 10.2 Å². The third-order valence-electron chi connectivity index (χ3n) is 2.41. The molecule has 1 aromatic carbocycles. The van der Waals surface area contributed by atoms with Crippen molar-refractivity contribution in [1.29, 1.82) is 0 Å². The minimum absolute atomic E-state index is 0.194.